The van der Waals surface area contributed by atoms with E-state index >= 15 is 0 Å². The highest BCUT2D eigenvalue weighted by atomic mass is 16.2. The maximum atomic E-state index is 11.4. The van der Waals surface area contributed by atoms with E-state index in [9.17, 15) is 9.59 Å². The fourth-order valence-corrected chi connectivity index (χ4v) is 2.53. The van der Waals surface area contributed by atoms with E-state index < -0.39 is 0 Å². The molecule has 2 atom stereocenters. The fourth-order valence-electron chi connectivity index (χ4n) is 2.53. The van der Waals surface area contributed by atoms with E-state index in [1.165, 1.54) is 0 Å². The van der Waals surface area contributed by atoms with Crippen molar-refractivity contribution in [1.82, 2.24) is 4.90 Å². The molecule has 2 unspecified atom stereocenters. The second-order valence-corrected chi connectivity index (χ2v) is 3.99. The van der Waals surface area contributed by atoms with Crippen molar-refractivity contribution in [1.29, 1.82) is 0 Å². The van der Waals surface area contributed by atoms with Crippen LogP contribution in [0, 0.1) is 5.92 Å². The quantitative estimate of drug-likeness (QED) is 0.595. The van der Waals surface area contributed by atoms with Gasteiger partial charge in [-0.05, 0) is 19.3 Å². The van der Waals surface area contributed by atoms with Crippen LogP contribution in [0.3, 0.4) is 0 Å². The number of hydrogen-bond donors (Lipinski definition) is 0. The van der Waals surface area contributed by atoms with Gasteiger partial charge in [0.1, 0.15) is 6.29 Å². The van der Waals surface area contributed by atoms with Gasteiger partial charge in [0.05, 0.1) is 0 Å². The normalized spacial score (nSPS) is 34.2. The summed E-state index contributed by atoms with van der Waals surface area (Å²) in [6.45, 7) is 0.869. The highest BCUT2D eigenvalue weighted by Gasteiger charge is 2.36. The molecule has 72 valence electrons. The Hall–Kier alpha value is -0.860. The Morgan fingerprint density at radius 3 is 2.77 bits per heavy atom. The summed E-state index contributed by atoms with van der Waals surface area (Å²) in [5, 5.41) is 0. The number of hydrogen-bond acceptors (Lipinski definition) is 2. The standard InChI is InChI=1S/C10H15NO2/c12-7-8-3-1-4-9(8)11-6-2-5-10(11)13/h7-9H,1-6H2. The number of rotatable bonds is 2. The number of aldehydes is 1. The minimum Gasteiger partial charge on any atom is -0.339 e. The van der Waals surface area contributed by atoms with Crippen LogP contribution in [0.1, 0.15) is 32.1 Å². The van der Waals surface area contributed by atoms with Crippen LogP contribution in [0.5, 0.6) is 0 Å². The average molecular weight is 181 g/mol. The molecule has 1 aliphatic heterocycles. The zero-order valence-electron chi connectivity index (χ0n) is 7.74. The molecule has 0 aromatic heterocycles. The van der Waals surface area contributed by atoms with Gasteiger partial charge in [-0.3, -0.25) is 4.79 Å². The molecule has 2 aliphatic rings. The molecule has 1 saturated heterocycles. The number of nitrogens with zero attached hydrogens (tertiary/aromatic N) is 1. The highest BCUT2D eigenvalue weighted by Crippen LogP contribution is 2.31. The fraction of sp³-hybridized carbons (Fsp3) is 0.800. The first-order valence-corrected chi connectivity index (χ1v) is 5.07. The lowest BCUT2D eigenvalue weighted by atomic mass is 10.0. The molecule has 0 radical (unpaired) electrons. The van der Waals surface area contributed by atoms with Crippen LogP contribution in [-0.4, -0.2) is 29.7 Å². The van der Waals surface area contributed by atoms with E-state index in [-0.39, 0.29) is 17.9 Å². The van der Waals surface area contributed by atoms with Crippen molar-refractivity contribution in [2.24, 2.45) is 5.92 Å². The van der Waals surface area contributed by atoms with E-state index in [0.29, 0.717) is 6.42 Å². The van der Waals surface area contributed by atoms with Crippen LogP contribution in [0.2, 0.25) is 0 Å². The van der Waals surface area contributed by atoms with Crippen molar-refractivity contribution in [3.63, 3.8) is 0 Å². The first-order chi connectivity index (χ1) is 6.33. The lowest BCUT2D eigenvalue weighted by Gasteiger charge is -2.26. The van der Waals surface area contributed by atoms with E-state index in [0.717, 1.165) is 38.5 Å². The molecular formula is C10H15NO2. The summed E-state index contributed by atoms with van der Waals surface area (Å²) in [4.78, 5) is 24.1. The molecule has 13 heavy (non-hydrogen) atoms. The molecule has 2 fully saturated rings. The molecule has 3 nitrogen and oxygen atoms in total. The summed E-state index contributed by atoms with van der Waals surface area (Å²) in [5.74, 6) is 0.362. The number of carbonyl (C=O) groups excluding carboxylic acids is 2. The van der Waals surface area contributed by atoms with Crippen molar-refractivity contribution in [3.05, 3.63) is 0 Å². The number of carbonyl (C=O) groups is 2. The number of amides is 1. The molecule has 0 spiro atoms. The first-order valence-electron chi connectivity index (χ1n) is 5.07. The van der Waals surface area contributed by atoms with Crippen LogP contribution < -0.4 is 0 Å². The third-order valence-electron chi connectivity index (χ3n) is 3.22. The van der Waals surface area contributed by atoms with Gasteiger partial charge in [0.2, 0.25) is 5.91 Å². The Kier molecular flexibility index (Phi) is 2.34. The Balaban J connectivity index is 2.06. The predicted molar refractivity (Wildman–Crippen MR) is 48.1 cm³/mol. The minimum atomic E-state index is 0.113. The summed E-state index contributed by atoms with van der Waals surface area (Å²) < 4.78 is 0. The van der Waals surface area contributed by atoms with E-state index in [2.05, 4.69) is 0 Å². The molecule has 1 aliphatic carbocycles. The van der Waals surface area contributed by atoms with Crippen molar-refractivity contribution < 1.29 is 9.59 Å². The summed E-state index contributed by atoms with van der Waals surface area (Å²) in [6.07, 6.45) is 5.78. The first kappa shape index (κ1) is 8.73. The molecule has 1 amide bonds. The Morgan fingerprint density at radius 2 is 2.15 bits per heavy atom. The second-order valence-electron chi connectivity index (χ2n) is 3.99. The molecule has 1 heterocycles. The van der Waals surface area contributed by atoms with E-state index in [4.69, 9.17) is 0 Å². The molecule has 3 heteroatoms. The van der Waals surface area contributed by atoms with Crippen molar-refractivity contribution in [3.8, 4) is 0 Å². The van der Waals surface area contributed by atoms with E-state index in [1.54, 1.807) is 0 Å². The van der Waals surface area contributed by atoms with Crippen LogP contribution >= 0.6 is 0 Å². The van der Waals surface area contributed by atoms with Gasteiger partial charge < -0.3 is 9.69 Å². The summed E-state index contributed by atoms with van der Waals surface area (Å²) in [6, 6.07) is 0.229. The van der Waals surface area contributed by atoms with Gasteiger partial charge >= 0.3 is 0 Å². The molecule has 0 aromatic rings. The predicted octanol–water partition coefficient (Wildman–Crippen LogP) is 0.976. The molecule has 0 aromatic carbocycles. The minimum absolute atomic E-state index is 0.113. The summed E-state index contributed by atoms with van der Waals surface area (Å²) in [5.41, 5.74) is 0. The lowest BCUT2D eigenvalue weighted by Crippen LogP contribution is -2.39. The van der Waals surface area contributed by atoms with Crippen molar-refractivity contribution >= 4 is 12.2 Å². The van der Waals surface area contributed by atoms with Crippen LogP contribution in [0.4, 0.5) is 0 Å². The Bertz CT molecular complexity index is 227. The van der Waals surface area contributed by atoms with Crippen molar-refractivity contribution in [2.45, 2.75) is 38.1 Å². The van der Waals surface area contributed by atoms with Gasteiger partial charge in [0, 0.05) is 24.9 Å². The average Bonchev–Trinajstić information content (AvgIpc) is 2.71. The van der Waals surface area contributed by atoms with E-state index in [1.807, 2.05) is 4.90 Å². The van der Waals surface area contributed by atoms with Gasteiger partial charge in [0.25, 0.3) is 0 Å². The summed E-state index contributed by atoms with van der Waals surface area (Å²) in [7, 11) is 0. The number of likely N-dealkylation sites (tertiary alicyclic amines) is 1. The SMILES string of the molecule is O=CC1CCCC1N1CCCC1=O. The summed E-state index contributed by atoms with van der Waals surface area (Å²) >= 11 is 0. The zero-order chi connectivity index (χ0) is 9.26. The Labute approximate surface area is 78.1 Å². The lowest BCUT2D eigenvalue weighted by molar-refractivity contribution is -0.130. The highest BCUT2D eigenvalue weighted by molar-refractivity contribution is 5.79. The van der Waals surface area contributed by atoms with Gasteiger partial charge in [-0.15, -0.1) is 0 Å². The maximum absolute atomic E-state index is 11.4. The maximum Gasteiger partial charge on any atom is 0.222 e. The molecule has 2 rings (SSSR count). The third-order valence-corrected chi connectivity index (χ3v) is 3.22. The molecular weight excluding hydrogens is 166 g/mol. The molecule has 0 bridgehead atoms. The van der Waals surface area contributed by atoms with Crippen molar-refractivity contribution in [2.75, 3.05) is 6.54 Å². The van der Waals surface area contributed by atoms with Crippen LogP contribution in [0.25, 0.3) is 0 Å². The van der Waals surface area contributed by atoms with Crippen LogP contribution in [-0.2, 0) is 9.59 Å². The third kappa shape index (κ3) is 1.47. The molecule has 0 N–H and O–H groups in total. The second kappa shape index (κ2) is 3.48. The van der Waals surface area contributed by atoms with Crippen LogP contribution in [0.15, 0.2) is 0 Å². The molecule has 1 saturated carbocycles. The van der Waals surface area contributed by atoms with Gasteiger partial charge in [0.15, 0.2) is 0 Å². The Morgan fingerprint density at radius 1 is 1.31 bits per heavy atom. The van der Waals surface area contributed by atoms with Gasteiger partial charge in [-0.25, -0.2) is 0 Å². The smallest absolute Gasteiger partial charge is 0.222 e. The monoisotopic (exact) mass is 181 g/mol. The zero-order valence-corrected chi connectivity index (χ0v) is 7.74. The topological polar surface area (TPSA) is 37.4 Å². The van der Waals surface area contributed by atoms with Gasteiger partial charge in [-0.1, -0.05) is 6.42 Å². The van der Waals surface area contributed by atoms with Gasteiger partial charge in [-0.2, -0.15) is 0 Å². The largest absolute Gasteiger partial charge is 0.339 e.